The molecule has 6 nitrogen and oxygen atoms in total. The van der Waals surface area contributed by atoms with Crippen LogP contribution in [0.2, 0.25) is 0 Å². The average molecular weight is 502 g/mol. The molecule has 1 N–H and O–H groups in total. The molecule has 0 fully saturated rings. The molecule has 0 unspecified atom stereocenters. The molecule has 0 saturated carbocycles. The Morgan fingerprint density at radius 3 is 2.41 bits per heavy atom. The smallest absolute Gasteiger partial charge is 0.245 e. The minimum absolute atomic E-state index is 0.306. The Morgan fingerprint density at radius 1 is 1.19 bits per heavy atom. The third-order valence-electron chi connectivity index (χ3n) is 3.75. The van der Waals surface area contributed by atoms with E-state index in [2.05, 4.69) is 27.9 Å². The summed E-state index contributed by atoms with van der Waals surface area (Å²) in [7, 11) is -3.62. The number of ether oxygens (including phenoxy) is 1. The molecule has 27 heavy (non-hydrogen) atoms. The van der Waals surface area contributed by atoms with Crippen LogP contribution in [0.1, 0.15) is 18.9 Å². The van der Waals surface area contributed by atoms with Gasteiger partial charge in [0.2, 0.25) is 15.9 Å². The highest BCUT2D eigenvalue weighted by molar-refractivity contribution is 14.1. The van der Waals surface area contributed by atoms with Gasteiger partial charge in [-0.1, -0.05) is 6.92 Å². The Balaban J connectivity index is 2.16. The maximum absolute atomic E-state index is 12.4. The van der Waals surface area contributed by atoms with Gasteiger partial charge in [0.25, 0.3) is 0 Å². The van der Waals surface area contributed by atoms with Gasteiger partial charge in [-0.05, 0) is 84.0 Å². The second-order valence-corrected chi connectivity index (χ2v) is 9.27. The molecule has 0 atom stereocenters. The highest BCUT2D eigenvalue weighted by Gasteiger charge is 2.21. The summed E-state index contributed by atoms with van der Waals surface area (Å²) in [5.74, 6) is 0.254. The highest BCUT2D eigenvalue weighted by Crippen LogP contribution is 2.22. The van der Waals surface area contributed by atoms with E-state index in [1.165, 1.54) is 0 Å². The number of carbonyl (C=O) groups is 1. The largest absolute Gasteiger partial charge is 0.494 e. The van der Waals surface area contributed by atoms with Gasteiger partial charge in [-0.2, -0.15) is 0 Å². The van der Waals surface area contributed by atoms with Crippen LogP contribution in [0.4, 0.5) is 11.4 Å². The van der Waals surface area contributed by atoms with Crippen molar-refractivity contribution in [2.45, 2.75) is 20.3 Å². The Morgan fingerprint density at radius 2 is 1.85 bits per heavy atom. The summed E-state index contributed by atoms with van der Waals surface area (Å²) in [6, 6.07) is 12.3. The minimum Gasteiger partial charge on any atom is -0.494 e. The summed E-state index contributed by atoms with van der Waals surface area (Å²) < 4.78 is 32.1. The van der Waals surface area contributed by atoms with Crippen LogP contribution in [0, 0.1) is 10.5 Å². The Hall–Kier alpha value is -1.81. The van der Waals surface area contributed by atoms with Gasteiger partial charge in [-0.3, -0.25) is 9.10 Å². The predicted molar refractivity (Wildman–Crippen MR) is 117 cm³/mol. The molecule has 0 saturated heterocycles. The molecule has 0 aliphatic heterocycles. The number of sulfonamides is 1. The molecular formula is C19H23IN2O4S. The monoisotopic (exact) mass is 502 g/mol. The molecule has 0 spiro atoms. The Kier molecular flexibility index (Phi) is 7.49. The first kappa shape index (κ1) is 21.5. The molecule has 0 radical (unpaired) electrons. The van der Waals surface area contributed by atoms with E-state index >= 15 is 0 Å². The maximum Gasteiger partial charge on any atom is 0.245 e. The summed E-state index contributed by atoms with van der Waals surface area (Å²) >= 11 is 2.19. The number of nitrogens with zero attached hydrogens (tertiary/aromatic N) is 1. The van der Waals surface area contributed by atoms with Gasteiger partial charge in [-0.25, -0.2) is 8.42 Å². The fraction of sp³-hybridized carbons (Fsp3) is 0.316. The number of hydrogen-bond acceptors (Lipinski definition) is 4. The van der Waals surface area contributed by atoms with Crippen molar-refractivity contribution in [1.29, 1.82) is 0 Å². The lowest BCUT2D eigenvalue weighted by Gasteiger charge is -2.22. The lowest BCUT2D eigenvalue weighted by atomic mass is 10.2. The second kappa shape index (κ2) is 9.41. The number of amides is 1. The number of aryl methyl sites for hydroxylation is 1. The van der Waals surface area contributed by atoms with E-state index in [1.807, 2.05) is 26.0 Å². The molecule has 0 aliphatic rings. The summed E-state index contributed by atoms with van der Waals surface area (Å²) in [5, 5.41) is 2.78. The Bertz CT molecular complexity index is 898. The van der Waals surface area contributed by atoms with E-state index in [4.69, 9.17) is 4.74 Å². The van der Waals surface area contributed by atoms with Crippen molar-refractivity contribution in [2.24, 2.45) is 0 Å². The zero-order valence-electron chi connectivity index (χ0n) is 15.5. The molecule has 0 aromatic heterocycles. The first-order valence-corrected chi connectivity index (χ1v) is 11.4. The van der Waals surface area contributed by atoms with Gasteiger partial charge in [0.15, 0.2) is 0 Å². The van der Waals surface area contributed by atoms with Gasteiger partial charge in [0.1, 0.15) is 12.3 Å². The summed E-state index contributed by atoms with van der Waals surface area (Å²) in [5.41, 5.74) is 1.99. The van der Waals surface area contributed by atoms with Crippen LogP contribution in [0.5, 0.6) is 5.75 Å². The van der Waals surface area contributed by atoms with E-state index in [0.717, 1.165) is 26.1 Å². The molecule has 0 heterocycles. The van der Waals surface area contributed by atoms with E-state index in [9.17, 15) is 13.2 Å². The van der Waals surface area contributed by atoms with Crippen LogP contribution in [0.3, 0.4) is 0 Å². The SMILES string of the molecule is CCCOc1ccc(N(CC(=O)Nc2ccc(I)cc2C)S(C)(=O)=O)cc1. The number of halogens is 1. The highest BCUT2D eigenvalue weighted by atomic mass is 127. The number of rotatable bonds is 8. The molecule has 146 valence electrons. The van der Waals surface area contributed by atoms with Crippen molar-refractivity contribution in [3.63, 3.8) is 0 Å². The first-order chi connectivity index (χ1) is 12.7. The standard InChI is InChI=1S/C19H23IN2O4S/c1-4-11-26-17-8-6-16(7-9-17)22(27(3,24)25)13-19(23)21-18-10-5-15(20)12-14(18)2/h5-10,12H,4,11,13H2,1-3H3,(H,21,23). The van der Waals surface area contributed by atoms with Crippen LogP contribution >= 0.6 is 22.6 Å². The fourth-order valence-electron chi connectivity index (χ4n) is 2.42. The molecule has 2 aromatic carbocycles. The number of anilines is 2. The van der Waals surface area contributed by atoms with E-state index < -0.39 is 15.9 Å². The number of nitrogens with one attached hydrogen (secondary N) is 1. The maximum atomic E-state index is 12.4. The number of benzene rings is 2. The van der Waals surface area contributed by atoms with Gasteiger partial charge in [-0.15, -0.1) is 0 Å². The van der Waals surface area contributed by atoms with Crippen LogP contribution in [-0.2, 0) is 14.8 Å². The molecular weight excluding hydrogens is 479 g/mol. The van der Waals surface area contributed by atoms with Crippen molar-refractivity contribution < 1.29 is 17.9 Å². The van der Waals surface area contributed by atoms with Crippen molar-refractivity contribution in [3.8, 4) is 5.75 Å². The van der Waals surface area contributed by atoms with Crippen molar-refractivity contribution in [1.82, 2.24) is 0 Å². The van der Waals surface area contributed by atoms with E-state index in [-0.39, 0.29) is 6.54 Å². The van der Waals surface area contributed by atoms with Crippen LogP contribution in [0.15, 0.2) is 42.5 Å². The topological polar surface area (TPSA) is 75.7 Å². The van der Waals surface area contributed by atoms with Crippen molar-refractivity contribution in [2.75, 3.05) is 29.0 Å². The van der Waals surface area contributed by atoms with Crippen molar-refractivity contribution in [3.05, 3.63) is 51.6 Å². The van der Waals surface area contributed by atoms with Crippen molar-refractivity contribution >= 4 is 49.9 Å². The Labute approximate surface area is 174 Å². The zero-order chi connectivity index (χ0) is 20.0. The third kappa shape index (κ3) is 6.39. The summed E-state index contributed by atoms with van der Waals surface area (Å²) in [4.78, 5) is 12.4. The zero-order valence-corrected chi connectivity index (χ0v) is 18.5. The van der Waals surface area contributed by atoms with Crippen LogP contribution in [0.25, 0.3) is 0 Å². The van der Waals surface area contributed by atoms with Crippen LogP contribution in [-0.4, -0.2) is 33.7 Å². The molecule has 2 aromatic rings. The lowest BCUT2D eigenvalue weighted by molar-refractivity contribution is -0.114. The summed E-state index contributed by atoms with van der Waals surface area (Å²) in [6.45, 7) is 4.18. The van der Waals surface area contributed by atoms with Crippen LogP contribution < -0.4 is 14.4 Å². The average Bonchev–Trinajstić information content (AvgIpc) is 2.60. The van der Waals surface area contributed by atoms with Gasteiger partial charge < -0.3 is 10.1 Å². The molecule has 0 aliphatic carbocycles. The molecule has 8 heteroatoms. The van der Waals surface area contributed by atoms with Gasteiger partial charge in [0.05, 0.1) is 18.6 Å². The number of hydrogen-bond donors (Lipinski definition) is 1. The second-order valence-electron chi connectivity index (χ2n) is 6.12. The number of carbonyl (C=O) groups excluding carboxylic acids is 1. The van der Waals surface area contributed by atoms with E-state index in [0.29, 0.717) is 23.7 Å². The normalized spacial score (nSPS) is 11.1. The fourth-order valence-corrected chi connectivity index (χ4v) is 3.92. The quantitative estimate of drug-likeness (QED) is 0.558. The minimum atomic E-state index is -3.62. The molecule has 0 bridgehead atoms. The first-order valence-electron chi connectivity index (χ1n) is 8.47. The summed E-state index contributed by atoms with van der Waals surface area (Å²) in [6.07, 6.45) is 1.97. The lowest BCUT2D eigenvalue weighted by Crippen LogP contribution is -2.37. The van der Waals surface area contributed by atoms with E-state index in [1.54, 1.807) is 30.3 Å². The van der Waals surface area contributed by atoms with Gasteiger partial charge in [0, 0.05) is 9.26 Å². The third-order valence-corrected chi connectivity index (χ3v) is 5.56. The predicted octanol–water partition coefficient (Wildman–Crippen LogP) is 3.79. The molecule has 2 rings (SSSR count). The molecule has 1 amide bonds. The van der Waals surface area contributed by atoms with Gasteiger partial charge >= 0.3 is 0 Å².